The number of rotatable bonds is 9. The van der Waals surface area contributed by atoms with Crippen LogP contribution in [0.5, 0.6) is 0 Å². The van der Waals surface area contributed by atoms with E-state index in [0.717, 1.165) is 12.8 Å². The number of hydrogen-bond acceptors (Lipinski definition) is 2. The lowest BCUT2D eigenvalue weighted by Crippen LogP contribution is -2.13. The monoisotopic (exact) mass is 226 g/mol. The molecule has 0 aromatic rings. The molecular formula is C14H26O2. The number of ether oxygens (including phenoxy) is 1. The van der Waals surface area contributed by atoms with Gasteiger partial charge >= 0.3 is 5.97 Å². The molecular weight excluding hydrogens is 200 g/mol. The Morgan fingerprint density at radius 2 is 1.94 bits per heavy atom. The molecule has 0 aromatic heterocycles. The first kappa shape index (κ1) is 15.2. The minimum absolute atomic E-state index is 0.209. The third kappa shape index (κ3) is 8.51. The van der Waals surface area contributed by atoms with Crippen LogP contribution in [0.4, 0.5) is 0 Å². The van der Waals surface area contributed by atoms with Crippen molar-refractivity contribution in [2.24, 2.45) is 5.92 Å². The van der Waals surface area contributed by atoms with Crippen molar-refractivity contribution < 1.29 is 9.53 Å². The predicted octanol–water partition coefficient (Wildman–Crippen LogP) is 4.10. The summed E-state index contributed by atoms with van der Waals surface area (Å²) in [4.78, 5) is 11.2. The third-order valence-corrected chi connectivity index (χ3v) is 2.68. The molecule has 0 bridgehead atoms. The fraction of sp³-hybridized carbons (Fsp3) is 0.786. The van der Waals surface area contributed by atoms with Crippen molar-refractivity contribution in [3.8, 4) is 0 Å². The molecule has 94 valence electrons. The quantitative estimate of drug-likeness (QED) is 0.336. The molecule has 0 aromatic carbocycles. The second-order valence-corrected chi connectivity index (χ2v) is 4.28. The summed E-state index contributed by atoms with van der Waals surface area (Å²) in [6.45, 7) is 6.80. The molecule has 0 aliphatic carbocycles. The molecule has 0 amide bonds. The maximum Gasteiger partial charge on any atom is 0.330 e. The van der Waals surface area contributed by atoms with Crippen molar-refractivity contribution in [2.45, 2.75) is 59.3 Å². The third-order valence-electron chi connectivity index (χ3n) is 2.68. The predicted molar refractivity (Wildman–Crippen MR) is 68.3 cm³/mol. The summed E-state index contributed by atoms with van der Waals surface area (Å²) in [5.74, 6) is 0.338. The normalized spacial score (nSPS) is 12.9. The van der Waals surface area contributed by atoms with Gasteiger partial charge < -0.3 is 4.74 Å². The van der Waals surface area contributed by atoms with Crippen LogP contribution < -0.4 is 0 Å². The van der Waals surface area contributed by atoms with Gasteiger partial charge in [-0.2, -0.15) is 0 Å². The topological polar surface area (TPSA) is 26.3 Å². The smallest absolute Gasteiger partial charge is 0.330 e. The Morgan fingerprint density at radius 1 is 1.19 bits per heavy atom. The van der Waals surface area contributed by atoms with Crippen LogP contribution in [0.3, 0.4) is 0 Å². The van der Waals surface area contributed by atoms with E-state index in [0.29, 0.717) is 12.5 Å². The van der Waals surface area contributed by atoms with Crippen LogP contribution in [0.25, 0.3) is 0 Å². The minimum Gasteiger partial charge on any atom is -0.462 e. The highest BCUT2D eigenvalue weighted by Crippen LogP contribution is 2.16. The van der Waals surface area contributed by atoms with Gasteiger partial charge in [0.1, 0.15) is 0 Å². The first-order chi connectivity index (χ1) is 7.74. The number of hydrogen-bond donors (Lipinski definition) is 0. The SMILES string of the molecule is CC=CC(=O)OCC(CCC)CCCCC. The van der Waals surface area contributed by atoms with Crippen molar-refractivity contribution >= 4 is 5.97 Å². The van der Waals surface area contributed by atoms with Crippen molar-refractivity contribution in [3.63, 3.8) is 0 Å². The Balaban J connectivity index is 3.78. The second kappa shape index (κ2) is 10.7. The summed E-state index contributed by atoms with van der Waals surface area (Å²) in [6.07, 6.45) is 10.5. The van der Waals surface area contributed by atoms with Gasteiger partial charge in [0.05, 0.1) is 6.61 Å². The van der Waals surface area contributed by atoms with Crippen molar-refractivity contribution in [3.05, 3.63) is 12.2 Å². The Bertz CT molecular complexity index is 197. The molecule has 0 heterocycles. The largest absolute Gasteiger partial charge is 0.462 e. The first-order valence-corrected chi connectivity index (χ1v) is 6.54. The fourth-order valence-corrected chi connectivity index (χ4v) is 1.79. The number of carbonyl (C=O) groups is 1. The zero-order valence-electron chi connectivity index (χ0n) is 11.0. The molecule has 0 aliphatic heterocycles. The standard InChI is InChI=1S/C14H26O2/c1-4-7-8-11-13(9-5-2)12-16-14(15)10-6-3/h6,10,13H,4-5,7-9,11-12H2,1-3H3. The van der Waals surface area contributed by atoms with E-state index in [1.165, 1.54) is 31.8 Å². The summed E-state index contributed by atoms with van der Waals surface area (Å²) >= 11 is 0. The van der Waals surface area contributed by atoms with Gasteiger partial charge in [0.15, 0.2) is 0 Å². The molecule has 0 fully saturated rings. The molecule has 2 heteroatoms. The van der Waals surface area contributed by atoms with Crippen LogP contribution in [0, 0.1) is 5.92 Å². The molecule has 2 nitrogen and oxygen atoms in total. The highest BCUT2D eigenvalue weighted by Gasteiger charge is 2.09. The van der Waals surface area contributed by atoms with Gasteiger partial charge in [0.2, 0.25) is 0 Å². The number of esters is 1. The zero-order chi connectivity index (χ0) is 12.2. The average Bonchev–Trinajstić information content (AvgIpc) is 2.26. The molecule has 0 spiro atoms. The van der Waals surface area contributed by atoms with E-state index >= 15 is 0 Å². The molecule has 1 atom stereocenters. The zero-order valence-corrected chi connectivity index (χ0v) is 11.0. The lowest BCUT2D eigenvalue weighted by Gasteiger charge is -2.15. The van der Waals surface area contributed by atoms with Crippen molar-refractivity contribution in [2.75, 3.05) is 6.61 Å². The number of allylic oxidation sites excluding steroid dienone is 1. The van der Waals surface area contributed by atoms with E-state index in [9.17, 15) is 4.79 Å². The summed E-state index contributed by atoms with van der Waals surface area (Å²) in [7, 11) is 0. The van der Waals surface area contributed by atoms with Gasteiger partial charge in [-0.15, -0.1) is 0 Å². The van der Waals surface area contributed by atoms with Crippen molar-refractivity contribution in [1.82, 2.24) is 0 Å². The number of unbranched alkanes of at least 4 members (excludes halogenated alkanes) is 2. The van der Waals surface area contributed by atoms with Crippen LogP contribution >= 0.6 is 0 Å². The maximum atomic E-state index is 11.2. The van der Waals surface area contributed by atoms with Crippen molar-refractivity contribution in [1.29, 1.82) is 0 Å². The summed E-state index contributed by atoms with van der Waals surface area (Å²) in [6, 6.07) is 0. The van der Waals surface area contributed by atoms with Gasteiger partial charge in [-0.3, -0.25) is 0 Å². The molecule has 0 radical (unpaired) electrons. The van der Waals surface area contributed by atoms with Gasteiger partial charge in [0.25, 0.3) is 0 Å². The van der Waals surface area contributed by atoms with Crippen LogP contribution in [-0.4, -0.2) is 12.6 Å². The first-order valence-electron chi connectivity index (χ1n) is 6.54. The van der Waals surface area contributed by atoms with Crippen LogP contribution in [0.1, 0.15) is 59.3 Å². The lowest BCUT2D eigenvalue weighted by molar-refractivity contribution is -0.139. The van der Waals surface area contributed by atoms with E-state index in [4.69, 9.17) is 4.74 Å². The van der Waals surface area contributed by atoms with Gasteiger partial charge in [0, 0.05) is 6.08 Å². The van der Waals surface area contributed by atoms with E-state index in [1.807, 2.05) is 6.92 Å². The second-order valence-electron chi connectivity index (χ2n) is 4.28. The number of carbonyl (C=O) groups excluding carboxylic acids is 1. The minimum atomic E-state index is -0.209. The van der Waals surface area contributed by atoms with Gasteiger partial charge in [-0.05, 0) is 25.7 Å². The van der Waals surface area contributed by atoms with Crippen LogP contribution in [-0.2, 0) is 9.53 Å². The Kier molecular flexibility index (Phi) is 10.2. The van der Waals surface area contributed by atoms with Gasteiger partial charge in [-0.25, -0.2) is 4.79 Å². The molecule has 0 aliphatic rings. The molecule has 0 rings (SSSR count). The van der Waals surface area contributed by atoms with Gasteiger partial charge in [-0.1, -0.05) is 45.6 Å². The molecule has 1 unspecified atom stereocenters. The maximum absolute atomic E-state index is 11.2. The lowest BCUT2D eigenvalue weighted by atomic mass is 9.97. The summed E-state index contributed by atoms with van der Waals surface area (Å²) in [5, 5.41) is 0. The highest BCUT2D eigenvalue weighted by molar-refractivity contribution is 5.81. The van der Waals surface area contributed by atoms with Crippen LogP contribution in [0.15, 0.2) is 12.2 Å². The molecule has 0 saturated heterocycles. The van der Waals surface area contributed by atoms with E-state index < -0.39 is 0 Å². The Labute approximate surface area is 100 Å². The molecule has 0 N–H and O–H groups in total. The van der Waals surface area contributed by atoms with E-state index in [2.05, 4.69) is 13.8 Å². The fourth-order valence-electron chi connectivity index (χ4n) is 1.79. The van der Waals surface area contributed by atoms with E-state index in [1.54, 1.807) is 6.08 Å². The summed E-state index contributed by atoms with van der Waals surface area (Å²) < 4.78 is 5.20. The van der Waals surface area contributed by atoms with Crippen LogP contribution in [0.2, 0.25) is 0 Å². The highest BCUT2D eigenvalue weighted by atomic mass is 16.5. The Hall–Kier alpha value is -0.790. The Morgan fingerprint density at radius 3 is 2.50 bits per heavy atom. The average molecular weight is 226 g/mol. The van der Waals surface area contributed by atoms with E-state index in [-0.39, 0.29) is 5.97 Å². The molecule has 16 heavy (non-hydrogen) atoms. The molecule has 0 saturated carbocycles. The summed E-state index contributed by atoms with van der Waals surface area (Å²) in [5.41, 5.74) is 0.